The fraction of sp³-hybridized carbons (Fsp3) is 0.444. The Morgan fingerprint density at radius 3 is 2.26 bits per heavy atom. The average Bonchev–Trinajstić information content (AvgIpc) is 2.59. The van der Waals surface area contributed by atoms with Crippen LogP contribution in [0.1, 0.15) is 25.6 Å². The Morgan fingerprint density at radius 1 is 0.870 bits per heavy atom. The molecule has 0 spiro atoms. The smallest absolute Gasteiger partial charge is 0.128 e. The average molecular weight is 316 g/mol. The summed E-state index contributed by atoms with van der Waals surface area (Å²) < 4.78 is 10.7. The fourth-order valence-corrected chi connectivity index (χ4v) is 2.14. The van der Waals surface area contributed by atoms with Crippen LogP contribution in [-0.4, -0.2) is 41.5 Å². The number of unbranched alkanes of at least 4 members (excludes halogenated alkanes) is 1. The highest BCUT2D eigenvalue weighted by atomic mass is 16.5. The first-order valence-corrected chi connectivity index (χ1v) is 8.05. The van der Waals surface area contributed by atoms with Gasteiger partial charge in [-0.25, -0.2) is 9.97 Å². The van der Waals surface area contributed by atoms with Gasteiger partial charge < -0.3 is 14.6 Å². The Bertz CT molecular complexity index is 555. The van der Waals surface area contributed by atoms with Gasteiger partial charge >= 0.3 is 0 Å². The summed E-state index contributed by atoms with van der Waals surface area (Å²) in [5.74, 6) is 1.11. The lowest BCUT2D eigenvalue weighted by atomic mass is 10.1. The van der Waals surface area contributed by atoms with Crippen LogP contribution in [0.5, 0.6) is 5.75 Å². The van der Waals surface area contributed by atoms with E-state index in [1.165, 1.54) is 0 Å². The van der Waals surface area contributed by atoms with Gasteiger partial charge in [0.05, 0.1) is 13.2 Å². The van der Waals surface area contributed by atoms with E-state index in [4.69, 9.17) is 9.47 Å². The van der Waals surface area contributed by atoms with Crippen LogP contribution in [0.15, 0.2) is 36.7 Å². The minimum atomic E-state index is 0.259. The van der Waals surface area contributed by atoms with Gasteiger partial charge in [-0.3, -0.25) is 0 Å². The monoisotopic (exact) mass is 316 g/mol. The molecule has 1 aromatic carbocycles. The molecule has 2 rings (SSSR count). The number of ether oxygens (including phenoxy) is 2. The van der Waals surface area contributed by atoms with Crippen molar-refractivity contribution in [3.8, 4) is 16.9 Å². The predicted octanol–water partition coefficient (Wildman–Crippen LogP) is 3.23. The molecule has 5 heteroatoms. The molecule has 1 heterocycles. The molecule has 0 aliphatic heterocycles. The van der Waals surface area contributed by atoms with Crippen molar-refractivity contribution >= 4 is 0 Å². The maximum atomic E-state index is 9.30. The van der Waals surface area contributed by atoms with E-state index in [1.807, 2.05) is 31.5 Å². The molecule has 1 aromatic heterocycles. The van der Waals surface area contributed by atoms with Crippen LogP contribution in [0.3, 0.4) is 0 Å². The van der Waals surface area contributed by atoms with Gasteiger partial charge in [-0.1, -0.05) is 12.1 Å². The Morgan fingerprint density at radius 2 is 1.57 bits per heavy atom. The van der Waals surface area contributed by atoms with E-state index in [1.54, 1.807) is 12.1 Å². The molecule has 0 saturated heterocycles. The zero-order valence-corrected chi connectivity index (χ0v) is 13.6. The number of hydrogen-bond acceptors (Lipinski definition) is 5. The summed E-state index contributed by atoms with van der Waals surface area (Å²) in [5.41, 5.74) is 1.95. The molecule has 0 unspecified atom stereocenters. The Kier molecular flexibility index (Phi) is 7.49. The Labute approximate surface area is 137 Å². The van der Waals surface area contributed by atoms with Gasteiger partial charge in [-0.2, -0.15) is 0 Å². The van der Waals surface area contributed by atoms with E-state index in [9.17, 15) is 5.11 Å². The predicted molar refractivity (Wildman–Crippen MR) is 89.4 cm³/mol. The molecule has 124 valence electrons. The lowest BCUT2D eigenvalue weighted by Crippen LogP contribution is -2.05. The number of hydrogen-bond donors (Lipinski definition) is 1. The molecule has 23 heavy (non-hydrogen) atoms. The molecule has 0 fully saturated rings. The van der Waals surface area contributed by atoms with Gasteiger partial charge in [0.25, 0.3) is 0 Å². The molecule has 0 radical (unpaired) electrons. The third-order valence-corrected chi connectivity index (χ3v) is 3.42. The van der Waals surface area contributed by atoms with Crippen molar-refractivity contribution in [1.29, 1.82) is 0 Å². The van der Waals surface area contributed by atoms with E-state index in [0.29, 0.717) is 13.2 Å². The highest BCUT2D eigenvalue weighted by molar-refractivity contribution is 5.62. The van der Waals surface area contributed by atoms with Crippen LogP contribution in [0, 0.1) is 0 Å². The van der Waals surface area contributed by atoms with Crippen molar-refractivity contribution in [2.45, 2.75) is 26.2 Å². The molecule has 2 aromatic rings. The van der Waals surface area contributed by atoms with E-state index < -0.39 is 0 Å². The topological polar surface area (TPSA) is 64.5 Å². The molecule has 0 aliphatic rings. The Balaban J connectivity index is 1.68. The first-order chi connectivity index (χ1) is 11.3. The summed E-state index contributed by atoms with van der Waals surface area (Å²) in [7, 11) is 0. The van der Waals surface area contributed by atoms with Crippen LogP contribution >= 0.6 is 0 Å². The van der Waals surface area contributed by atoms with Crippen LogP contribution in [0.25, 0.3) is 11.1 Å². The largest absolute Gasteiger partial charge is 0.508 e. The fourth-order valence-electron chi connectivity index (χ4n) is 2.14. The van der Waals surface area contributed by atoms with Gasteiger partial charge in [-0.15, -0.1) is 0 Å². The number of aromatic nitrogens is 2. The number of phenols is 1. The van der Waals surface area contributed by atoms with Crippen LogP contribution < -0.4 is 0 Å². The van der Waals surface area contributed by atoms with E-state index in [-0.39, 0.29) is 5.75 Å². The molecule has 0 aliphatic carbocycles. The number of benzene rings is 1. The minimum absolute atomic E-state index is 0.259. The number of rotatable bonds is 10. The van der Waals surface area contributed by atoms with Gasteiger partial charge in [0.2, 0.25) is 0 Å². The van der Waals surface area contributed by atoms with Crippen molar-refractivity contribution in [1.82, 2.24) is 9.97 Å². The molecule has 5 nitrogen and oxygen atoms in total. The maximum absolute atomic E-state index is 9.30. The molecular formula is C18H24N2O3. The summed E-state index contributed by atoms with van der Waals surface area (Å²) >= 11 is 0. The summed E-state index contributed by atoms with van der Waals surface area (Å²) in [4.78, 5) is 8.80. The molecular weight excluding hydrogens is 292 g/mol. The third kappa shape index (κ3) is 6.34. The quantitative estimate of drug-likeness (QED) is 0.682. The second kappa shape index (κ2) is 9.92. The van der Waals surface area contributed by atoms with Gasteiger partial charge in [-0.05, 0) is 37.5 Å². The van der Waals surface area contributed by atoms with Crippen LogP contribution in [0.4, 0.5) is 0 Å². The van der Waals surface area contributed by atoms with Crippen molar-refractivity contribution in [3.05, 3.63) is 42.5 Å². The maximum Gasteiger partial charge on any atom is 0.128 e. The van der Waals surface area contributed by atoms with Gasteiger partial charge in [0.15, 0.2) is 0 Å². The summed E-state index contributed by atoms with van der Waals surface area (Å²) in [5, 5.41) is 9.30. The van der Waals surface area contributed by atoms with Gasteiger partial charge in [0, 0.05) is 37.6 Å². The lowest BCUT2D eigenvalue weighted by molar-refractivity contribution is 0.0514. The third-order valence-electron chi connectivity index (χ3n) is 3.42. The molecule has 1 N–H and O–H groups in total. The minimum Gasteiger partial charge on any atom is -0.508 e. The standard InChI is InChI=1S/C18H24N2O3/c1-2-22-11-12-23-10-4-3-5-18-19-13-16(14-20-18)15-6-8-17(21)9-7-15/h6-9,13-14,21H,2-5,10-12H2,1H3. The molecule has 0 saturated carbocycles. The van der Waals surface area contributed by atoms with Crippen molar-refractivity contribution in [2.75, 3.05) is 26.4 Å². The summed E-state index contributed by atoms with van der Waals surface area (Å²) in [6.45, 7) is 4.79. The van der Waals surface area contributed by atoms with E-state index in [2.05, 4.69) is 9.97 Å². The lowest BCUT2D eigenvalue weighted by Gasteiger charge is -2.05. The zero-order valence-electron chi connectivity index (χ0n) is 13.6. The molecule has 0 bridgehead atoms. The van der Waals surface area contributed by atoms with Crippen molar-refractivity contribution in [3.63, 3.8) is 0 Å². The van der Waals surface area contributed by atoms with Crippen molar-refractivity contribution < 1.29 is 14.6 Å². The van der Waals surface area contributed by atoms with E-state index >= 15 is 0 Å². The first kappa shape index (κ1) is 17.4. The summed E-state index contributed by atoms with van der Waals surface area (Å²) in [6, 6.07) is 7.03. The first-order valence-electron chi connectivity index (χ1n) is 8.05. The molecule has 0 amide bonds. The SMILES string of the molecule is CCOCCOCCCCc1ncc(-c2ccc(O)cc2)cn1. The number of aromatic hydroxyl groups is 1. The number of phenolic OH excluding ortho intramolecular Hbond substituents is 1. The normalized spacial score (nSPS) is 10.8. The number of nitrogens with zero attached hydrogens (tertiary/aromatic N) is 2. The van der Waals surface area contributed by atoms with E-state index in [0.717, 1.165) is 49.4 Å². The van der Waals surface area contributed by atoms with Crippen molar-refractivity contribution in [2.24, 2.45) is 0 Å². The van der Waals surface area contributed by atoms with Crippen LogP contribution in [-0.2, 0) is 15.9 Å². The second-order valence-corrected chi connectivity index (χ2v) is 5.20. The summed E-state index contributed by atoms with van der Waals surface area (Å²) in [6.07, 6.45) is 6.51. The molecule has 0 atom stereocenters. The van der Waals surface area contributed by atoms with Crippen LogP contribution in [0.2, 0.25) is 0 Å². The highest BCUT2D eigenvalue weighted by Crippen LogP contribution is 2.20. The highest BCUT2D eigenvalue weighted by Gasteiger charge is 2.01. The van der Waals surface area contributed by atoms with Gasteiger partial charge in [0.1, 0.15) is 11.6 Å². The number of aryl methyl sites for hydroxylation is 1. The zero-order chi connectivity index (χ0) is 16.3. The second-order valence-electron chi connectivity index (χ2n) is 5.20. The Hall–Kier alpha value is -1.98.